The van der Waals surface area contributed by atoms with Gasteiger partial charge in [0.1, 0.15) is 12.3 Å². The number of carbonyl (C=O) groups is 2. The van der Waals surface area contributed by atoms with Crippen LogP contribution in [0.1, 0.15) is 13.8 Å². The maximum Gasteiger partial charge on any atom is 0.271 e. The van der Waals surface area contributed by atoms with E-state index in [0.29, 0.717) is 16.5 Å². The molecule has 0 bridgehead atoms. The maximum atomic E-state index is 12.9. The molecule has 1 heterocycles. The molecule has 0 aromatic heterocycles. The zero-order valence-electron chi connectivity index (χ0n) is 15.5. The van der Waals surface area contributed by atoms with E-state index in [-0.39, 0.29) is 28.9 Å². The highest BCUT2D eigenvalue weighted by Gasteiger charge is 2.38. The van der Waals surface area contributed by atoms with Gasteiger partial charge in [-0.2, -0.15) is 0 Å². The number of hydrogen-bond acceptors (Lipinski definition) is 5. The lowest BCUT2D eigenvalue weighted by molar-refractivity contribution is -0.384. The van der Waals surface area contributed by atoms with Crippen LogP contribution in [0.15, 0.2) is 36.4 Å². The predicted molar refractivity (Wildman–Crippen MR) is 110 cm³/mol. The standard InChI is InChI=1S/C19H17Cl2N3O5/c1-10(2)18-19(26)23(15-8-12(24(27)28)4-6-16(15)29-18)9-17(25)22-14-5-3-11(20)7-13(14)21/h3-8,10,18H,9H2,1-2H3,(H,22,25). The van der Waals surface area contributed by atoms with Gasteiger partial charge in [-0.15, -0.1) is 0 Å². The highest BCUT2D eigenvalue weighted by Crippen LogP contribution is 2.38. The number of hydrogen-bond donors (Lipinski definition) is 1. The van der Waals surface area contributed by atoms with Gasteiger partial charge in [0, 0.05) is 17.2 Å². The van der Waals surface area contributed by atoms with Gasteiger partial charge in [0.15, 0.2) is 6.10 Å². The topological polar surface area (TPSA) is 102 Å². The first-order chi connectivity index (χ1) is 13.7. The molecule has 2 aromatic rings. The molecule has 0 fully saturated rings. The van der Waals surface area contributed by atoms with E-state index in [1.54, 1.807) is 12.1 Å². The maximum absolute atomic E-state index is 12.9. The van der Waals surface area contributed by atoms with Crippen molar-refractivity contribution >= 4 is 52.1 Å². The lowest BCUT2D eigenvalue weighted by Crippen LogP contribution is -2.50. The summed E-state index contributed by atoms with van der Waals surface area (Å²) in [4.78, 5) is 37.3. The van der Waals surface area contributed by atoms with Gasteiger partial charge in [-0.25, -0.2) is 0 Å². The number of amides is 2. The Morgan fingerprint density at radius 1 is 1.28 bits per heavy atom. The Morgan fingerprint density at radius 3 is 2.62 bits per heavy atom. The molecule has 0 aliphatic carbocycles. The first kappa shape index (κ1) is 20.9. The van der Waals surface area contributed by atoms with Crippen LogP contribution in [-0.4, -0.2) is 29.4 Å². The van der Waals surface area contributed by atoms with Crippen LogP contribution in [0.5, 0.6) is 5.75 Å². The molecule has 1 unspecified atom stereocenters. The third-order valence-corrected chi connectivity index (χ3v) is 4.87. The monoisotopic (exact) mass is 437 g/mol. The zero-order chi connectivity index (χ0) is 21.3. The number of benzene rings is 2. The van der Waals surface area contributed by atoms with Crippen LogP contribution in [0, 0.1) is 16.0 Å². The molecule has 0 saturated carbocycles. The van der Waals surface area contributed by atoms with Crippen molar-refractivity contribution in [3.05, 3.63) is 56.6 Å². The normalized spacial score (nSPS) is 15.7. The summed E-state index contributed by atoms with van der Waals surface area (Å²) in [6.45, 7) is 3.26. The van der Waals surface area contributed by atoms with Crippen LogP contribution >= 0.6 is 23.2 Å². The number of non-ortho nitro benzene ring substituents is 1. The largest absolute Gasteiger partial charge is 0.478 e. The Balaban J connectivity index is 1.91. The van der Waals surface area contributed by atoms with Crippen LogP contribution in [0.2, 0.25) is 10.0 Å². The van der Waals surface area contributed by atoms with Crippen molar-refractivity contribution in [3.63, 3.8) is 0 Å². The van der Waals surface area contributed by atoms with E-state index in [1.165, 1.54) is 29.2 Å². The van der Waals surface area contributed by atoms with E-state index >= 15 is 0 Å². The third-order valence-electron chi connectivity index (χ3n) is 4.32. The van der Waals surface area contributed by atoms with Crippen molar-refractivity contribution < 1.29 is 19.2 Å². The fourth-order valence-electron chi connectivity index (χ4n) is 2.90. The second-order valence-corrected chi connectivity index (χ2v) is 7.63. The SMILES string of the molecule is CC(C)C1Oc2ccc([N+](=O)[O-])cc2N(CC(=O)Nc2ccc(Cl)cc2Cl)C1=O. The highest BCUT2D eigenvalue weighted by atomic mass is 35.5. The molecule has 3 rings (SSSR count). The number of nitrogens with zero attached hydrogens (tertiary/aromatic N) is 2. The van der Waals surface area contributed by atoms with E-state index in [2.05, 4.69) is 5.32 Å². The minimum Gasteiger partial charge on any atom is -0.478 e. The number of rotatable bonds is 5. The molecule has 1 aliphatic heterocycles. The summed E-state index contributed by atoms with van der Waals surface area (Å²) in [7, 11) is 0. The summed E-state index contributed by atoms with van der Waals surface area (Å²) in [5.74, 6) is -0.844. The number of ether oxygens (including phenoxy) is 1. The van der Waals surface area contributed by atoms with Gasteiger partial charge in [-0.05, 0) is 30.2 Å². The fourth-order valence-corrected chi connectivity index (χ4v) is 3.35. The molecule has 1 aliphatic rings. The number of fused-ring (bicyclic) bond motifs is 1. The molecule has 0 radical (unpaired) electrons. The second kappa shape index (κ2) is 8.26. The molecule has 2 amide bonds. The Hall–Kier alpha value is -2.84. The van der Waals surface area contributed by atoms with Gasteiger partial charge >= 0.3 is 0 Å². The van der Waals surface area contributed by atoms with Crippen molar-refractivity contribution in [1.29, 1.82) is 0 Å². The molecule has 29 heavy (non-hydrogen) atoms. The van der Waals surface area contributed by atoms with E-state index in [4.69, 9.17) is 27.9 Å². The van der Waals surface area contributed by atoms with Gasteiger partial charge in [0.2, 0.25) is 5.91 Å². The summed E-state index contributed by atoms with van der Waals surface area (Å²) in [6.07, 6.45) is -0.809. The summed E-state index contributed by atoms with van der Waals surface area (Å²) in [5.41, 5.74) is 0.286. The van der Waals surface area contributed by atoms with Gasteiger partial charge in [-0.1, -0.05) is 37.0 Å². The van der Waals surface area contributed by atoms with E-state index in [1.807, 2.05) is 13.8 Å². The number of nitro benzene ring substituents is 1. The van der Waals surface area contributed by atoms with Gasteiger partial charge < -0.3 is 10.1 Å². The number of halogens is 2. The molecule has 152 valence electrons. The van der Waals surface area contributed by atoms with E-state index in [0.717, 1.165) is 0 Å². The molecule has 10 heteroatoms. The van der Waals surface area contributed by atoms with Gasteiger partial charge in [0.25, 0.3) is 11.6 Å². The second-order valence-electron chi connectivity index (χ2n) is 6.79. The minimum atomic E-state index is -0.809. The lowest BCUT2D eigenvalue weighted by atomic mass is 10.0. The average molecular weight is 438 g/mol. The number of carbonyl (C=O) groups excluding carboxylic acids is 2. The van der Waals surface area contributed by atoms with Gasteiger partial charge in [-0.3, -0.25) is 24.6 Å². The Morgan fingerprint density at radius 2 is 2.00 bits per heavy atom. The number of nitro groups is 1. The van der Waals surface area contributed by atoms with Crippen molar-refractivity contribution in [1.82, 2.24) is 0 Å². The average Bonchev–Trinajstić information content (AvgIpc) is 2.65. The van der Waals surface area contributed by atoms with Crippen LogP contribution in [0.3, 0.4) is 0 Å². The van der Waals surface area contributed by atoms with Crippen molar-refractivity contribution in [2.45, 2.75) is 20.0 Å². The third kappa shape index (κ3) is 4.44. The van der Waals surface area contributed by atoms with Crippen LogP contribution in [0.25, 0.3) is 0 Å². The molecule has 2 aromatic carbocycles. The Kier molecular flexibility index (Phi) is 5.95. The van der Waals surface area contributed by atoms with Crippen molar-refractivity contribution in [2.75, 3.05) is 16.8 Å². The number of nitrogens with one attached hydrogen (secondary N) is 1. The molecular weight excluding hydrogens is 421 g/mol. The molecule has 0 saturated heterocycles. The van der Waals surface area contributed by atoms with Crippen molar-refractivity contribution in [2.24, 2.45) is 5.92 Å². The smallest absolute Gasteiger partial charge is 0.271 e. The molecule has 1 N–H and O–H groups in total. The molecule has 0 spiro atoms. The summed E-state index contributed by atoms with van der Waals surface area (Å²) >= 11 is 11.9. The van der Waals surface area contributed by atoms with E-state index < -0.39 is 22.8 Å². The summed E-state index contributed by atoms with van der Waals surface area (Å²) in [5, 5.41) is 14.4. The minimum absolute atomic E-state index is 0.165. The zero-order valence-corrected chi connectivity index (χ0v) is 17.0. The molecule has 1 atom stereocenters. The molecule has 8 nitrogen and oxygen atoms in total. The lowest BCUT2D eigenvalue weighted by Gasteiger charge is -2.35. The van der Waals surface area contributed by atoms with Crippen molar-refractivity contribution in [3.8, 4) is 5.75 Å². The first-order valence-electron chi connectivity index (χ1n) is 8.68. The quantitative estimate of drug-likeness (QED) is 0.554. The van der Waals surface area contributed by atoms with Crippen LogP contribution < -0.4 is 15.0 Å². The summed E-state index contributed by atoms with van der Waals surface area (Å²) in [6, 6.07) is 8.52. The van der Waals surface area contributed by atoms with Crippen LogP contribution in [0.4, 0.5) is 17.1 Å². The number of anilines is 2. The first-order valence-corrected chi connectivity index (χ1v) is 9.44. The Labute approximate surface area is 176 Å². The molecular formula is C19H17Cl2N3O5. The summed E-state index contributed by atoms with van der Waals surface area (Å²) < 4.78 is 5.72. The van der Waals surface area contributed by atoms with Gasteiger partial charge in [0.05, 0.1) is 21.3 Å². The Bertz CT molecular complexity index is 996. The fraction of sp³-hybridized carbons (Fsp3) is 0.263. The predicted octanol–water partition coefficient (Wildman–Crippen LogP) is 4.29. The van der Waals surface area contributed by atoms with Crippen LogP contribution in [-0.2, 0) is 9.59 Å². The van der Waals surface area contributed by atoms with E-state index in [9.17, 15) is 19.7 Å². The highest BCUT2D eigenvalue weighted by molar-refractivity contribution is 6.36.